The Bertz CT molecular complexity index is 1060. The molecule has 0 spiro atoms. The highest BCUT2D eigenvalue weighted by atomic mass is 16.6. The highest BCUT2D eigenvalue weighted by Gasteiger charge is 2.43. The van der Waals surface area contributed by atoms with Crippen LogP contribution in [0.2, 0.25) is 0 Å². The molecule has 2 rings (SSSR count). The SMILES string of the molecule is CCCOC(=O)C(C)(COC(=O)C1CCC=C=C1C(=O)OCC(C)OC)COC(=O)C1CCCCC1C(=O)OCC(C)OC. The third-order valence-electron chi connectivity index (χ3n) is 7.79. The number of hydrogen-bond acceptors (Lipinski definition) is 12. The average Bonchev–Trinajstić information content (AvgIpc) is 3.05. The van der Waals surface area contributed by atoms with Gasteiger partial charge in [-0.2, -0.15) is 0 Å². The standard InChI is InChI=1S/C32H48O12/c1-7-16-40-31(37)32(4,19-43-29(35)25-14-10-8-12-23(25)27(33)41-17-21(2)38-5)20-44-30(36)26-15-11-9-13-24(26)28(34)42-18-22(3)39-6/h8,21-22,24-26H,7,9-11,13-20H2,1-6H3. The summed E-state index contributed by atoms with van der Waals surface area (Å²) in [5, 5.41) is 0. The van der Waals surface area contributed by atoms with Gasteiger partial charge >= 0.3 is 29.8 Å². The van der Waals surface area contributed by atoms with Gasteiger partial charge in [0, 0.05) is 14.2 Å². The van der Waals surface area contributed by atoms with Crippen molar-refractivity contribution >= 4 is 29.8 Å². The van der Waals surface area contributed by atoms with E-state index >= 15 is 0 Å². The number of ether oxygens (including phenoxy) is 7. The second-order valence-electron chi connectivity index (χ2n) is 11.6. The van der Waals surface area contributed by atoms with Crippen LogP contribution in [0.3, 0.4) is 0 Å². The van der Waals surface area contributed by atoms with E-state index in [0.29, 0.717) is 32.1 Å². The lowest BCUT2D eigenvalue weighted by molar-refractivity contribution is -0.176. The first-order chi connectivity index (χ1) is 21.0. The van der Waals surface area contributed by atoms with Crippen LogP contribution in [0.4, 0.5) is 0 Å². The van der Waals surface area contributed by atoms with Crippen LogP contribution in [-0.2, 0) is 57.1 Å². The van der Waals surface area contributed by atoms with Crippen LogP contribution in [0.1, 0.15) is 72.6 Å². The molecule has 44 heavy (non-hydrogen) atoms. The molecule has 0 aromatic heterocycles. The minimum atomic E-state index is -1.54. The van der Waals surface area contributed by atoms with Gasteiger partial charge in [-0.1, -0.05) is 19.8 Å². The number of carbonyl (C=O) groups excluding carboxylic acids is 5. The third-order valence-corrected chi connectivity index (χ3v) is 7.79. The van der Waals surface area contributed by atoms with Crippen LogP contribution in [-0.4, -0.2) is 89.3 Å². The van der Waals surface area contributed by atoms with Gasteiger partial charge in [0.05, 0.1) is 42.1 Å². The van der Waals surface area contributed by atoms with Crippen molar-refractivity contribution < 1.29 is 57.1 Å². The smallest absolute Gasteiger partial charge is 0.342 e. The van der Waals surface area contributed by atoms with E-state index in [1.54, 1.807) is 19.9 Å². The third kappa shape index (κ3) is 11.1. The van der Waals surface area contributed by atoms with Gasteiger partial charge in [-0.15, -0.1) is 5.73 Å². The monoisotopic (exact) mass is 624 g/mol. The fraction of sp³-hybridized carbons (Fsp3) is 0.750. The first-order valence-electron chi connectivity index (χ1n) is 15.3. The molecule has 12 heteroatoms. The average molecular weight is 625 g/mol. The van der Waals surface area contributed by atoms with Crippen LogP contribution in [0.25, 0.3) is 0 Å². The summed E-state index contributed by atoms with van der Waals surface area (Å²) in [4.78, 5) is 65.0. The van der Waals surface area contributed by atoms with Crippen molar-refractivity contribution in [1.29, 1.82) is 0 Å². The molecule has 6 atom stereocenters. The van der Waals surface area contributed by atoms with E-state index in [-0.39, 0.29) is 37.6 Å². The molecule has 0 N–H and O–H groups in total. The fourth-order valence-electron chi connectivity index (χ4n) is 4.72. The van der Waals surface area contributed by atoms with Gasteiger partial charge in [0.2, 0.25) is 0 Å². The largest absolute Gasteiger partial charge is 0.465 e. The maximum absolute atomic E-state index is 13.2. The lowest BCUT2D eigenvalue weighted by atomic mass is 9.79. The molecule has 2 aliphatic carbocycles. The molecule has 1 saturated carbocycles. The molecule has 0 aromatic rings. The molecule has 1 fully saturated rings. The van der Waals surface area contributed by atoms with Crippen LogP contribution < -0.4 is 0 Å². The molecule has 0 aromatic carbocycles. The summed E-state index contributed by atoms with van der Waals surface area (Å²) in [7, 11) is 3.00. The van der Waals surface area contributed by atoms with Crippen molar-refractivity contribution in [3.63, 3.8) is 0 Å². The minimum absolute atomic E-state index is 0.000833. The van der Waals surface area contributed by atoms with E-state index in [9.17, 15) is 24.0 Å². The van der Waals surface area contributed by atoms with Crippen molar-refractivity contribution in [3.05, 3.63) is 17.4 Å². The molecule has 0 amide bonds. The van der Waals surface area contributed by atoms with Gasteiger partial charge in [0.1, 0.15) is 31.8 Å². The van der Waals surface area contributed by atoms with E-state index in [1.807, 2.05) is 6.92 Å². The Morgan fingerprint density at radius 2 is 1.36 bits per heavy atom. The molecule has 0 heterocycles. The molecule has 248 valence electrons. The highest BCUT2D eigenvalue weighted by molar-refractivity contribution is 5.95. The van der Waals surface area contributed by atoms with E-state index in [1.165, 1.54) is 21.1 Å². The van der Waals surface area contributed by atoms with Crippen molar-refractivity contribution in [2.75, 3.05) is 47.3 Å². The van der Waals surface area contributed by atoms with Crippen LogP contribution in [0, 0.1) is 23.2 Å². The zero-order chi connectivity index (χ0) is 32.7. The molecule has 0 radical (unpaired) electrons. The maximum Gasteiger partial charge on any atom is 0.342 e. The fourth-order valence-corrected chi connectivity index (χ4v) is 4.72. The number of rotatable bonds is 17. The Morgan fingerprint density at radius 3 is 1.93 bits per heavy atom. The molecule has 2 aliphatic rings. The zero-order valence-corrected chi connectivity index (χ0v) is 26.8. The molecular weight excluding hydrogens is 576 g/mol. The van der Waals surface area contributed by atoms with Crippen molar-refractivity contribution in [1.82, 2.24) is 0 Å². The second kappa shape index (κ2) is 18.6. The topological polar surface area (TPSA) is 150 Å². The van der Waals surface area contributed by atoms with Gasteiger partial charge < -0.3 is 33.2 Å². The summed E-state index contributed by atoms with van der Waals surface area (Å²) in [5.41, 5.74) is 1.31. The molecule has 0 saturated heterocycles. The van der Waals surface area contributed by atoms with Gasteiger partial charge in [-0.3, -0.25) is 19.2 Å². The Kier molecular flexibility index (Phi) is 15.6. The summed E-state index contributed by atoms with van der Waals surface area (Å²) in [6.45, 7) is 6.10. The van der Waals surface area contributed by atoms with Crippen molar-refractivity contribution in [2.24, 2.45) is 23.2 Å². The predicted molar refractivity (Wildman–Crippen MR) is 156 cm³/mol. The zero-order valence-electron chi connectivity index (χ0n) is 26.8. The van der Waals surface area contributed by atoms with Crippen LogP contribution >= 0.6 is 0 Å². The molecular formula is C32H48O12. The minimum Gasteiger partial charge on any atom is -0.465 e. The van der Waals surface area contributed by atoms with E-state index in [4.69, 9.17) is 33.2 Å². The summed E-state index contributed by atoms with van der Waals surface area (Å²) in [5.74, 6) is -5.63. The van der Waals surface area contributed by atoms with Crippen LogP contribution in [0.5, 0.6) is 0 Å². The number of carbonyl (C=O) groups is 5. The highest BCUT2D eigenvalue weighted by Crippen LogP contribution is 2.33. The summed E-state index contributed by atoms with van der Waals surface area (Å²) in [6, 6.07) is 0. The maximum atomic E-state index is 13.2. The Labute approximate surface area is 259 Å². The van der Waals surface area contributed by atoms with Gasteiger partial charge in [-0.05, 0) is 59.0 Å². The molecule has 0 bridgehead atoms. The van der Waals surface area contributed by atoms with E-state index < -0.39 is 66.2 Å². The van der Waals surface area contributed by atoms with Gasteiger partial charge in [0.15, 0.2) is 0 Å². The number of hydrogen-bond donors (Lipinski definition) is 0. The Balaban J connectivity index is 2.10. The summed E-state index contributed by atoms with van der Waals surface area (Å²) in [6.07, 6.45) is 4.81. The first kappa shape index (κ1) is 37.0. The van der Waals surface area contributed by atoms with Gasteiger partial charge in [-0.25, -0.2) is 4.79 Å². The van der Waals surface area contributed by atoms with Crippen molar-refractivity contribution in [3.8, 4) is 0 Å². The predicted octanol–water partition coefficient (Wildman–Crippen LogP) is 3.49. The summed E-state index contributed by atoms with van der Waals surface area (Å²) >= 11 is 0. The molecule has 0 aliphatic heterocycles. The van der Waals surface area contributed by atoms with E-state index in [2.05, 4.69) is 5.73 Å². The summed E-state index contributed by atoms with van der Waals surface area (Å²) < 4.78 is 37.4. The Hall–Kier alpha value is -3.21. The Morgan fingerprint density at radius 1 is 0.818 bits per heavy atom. The lowest BCUT2D eigenvalue weighted by Crippen LogP contribution is -2.43. The molecule has 12 nitrogen and oxygen atoms in total. The number of esters is 5. The second-order valence-corrected chi connectivity index (χ2v) is 11.6. The first-order valence-corrected chi connectivity index (χ1v) is 15.3. The van der Waals surface area contributed by atoms with E-state index in [0.717, 1.165) is 12.8 Å². The normalized spacial score (nSPS) is 22.4. The van der Waals surface area contributed by atoms with Crippen molar-refractivity contribution in [2.45, 2.75) is 84.8 Å². The lowest BCUT2D eigenvalue weighted by Gasteiger charge is -2.31. The molecule has 6 unspecified atom stereocenters. The quantitative estimate of drug-likeness (QED) is 0.132. The van der Waals surface area contributed by atoms with Gasteiger partial charge in [0.25, 0.3) is 0 Å². The van der Waals surface area contributed by atoms with Crippen LogP contribution in [0.15, 0.2) is 17.4 Å². The number of methoxy groups -OCH3 is 2.